The van der Waals surface area contributed by atoms with Crippen molar-refractivity contribution in [2.75, 3.05) is 25.0 Å². The maximum Gasteiger partial charge on any atom is 0.243 e. The first kappa shape index (κ1) is 25.2. The average molecular weight is 490 g/mol. The number of hydrogen-bond acceptors (Lipinski definition) is 4. The molecule has 1 aromatic rings. The van der Waals surface area contributed by atoms with E-state index in [2.05, 4.69) is 10.6 Å². The Balaban J connectivity index is 1.28. The lowest BCUT2D eigenvalue weighted by molar-refractivity contribution is -0.146. The SMILES string of the molecule is CCN(CC)S(=O)(=O)c1ccc(C)c(NC(=O)CCCNC(=O)C23CC4CC(CC(C4)C2)C3)c1. The second-order valence-corrected chi connectivity index (χ2v) is 12.6. The summed E-state index contributed by atoms with van der Waals surface area (Å²) in [5, 5.41) is 5.98. The van der Waals surface area contributed by atoms with E-state index in [0.717, 1.165) is 42.6 Å². The monoisotopic (exact) mass is 489 g/mol. The van der Waals surface area contributed by atoms with Crippen LogP contribution in [0.25, 0.3) is 0 Å². The summed E-state index contributed by atoms with van der Waals surface area (Å²) < 4.78 is 27.0. The maximum atomic E-state index is 13.0. The topological polar surface area (TPSA) is 95.6 Å². The van der Waals surface area contributed by atoms with Gasteiger partial charge >= 0.3 is 0 Å². The van der Waals surface area contributed by atoms with Crippen LogP contribution in [-0.2, 0) is 19.6 Å². The molecule has 34 heavy (non-hydrogen) atoms. The van der Waals surface area contributed by atoms with Gasteiger partial charge in [0.25, 0.3) is 0 Å². The Morgan fingerprint density at radius 1 is 1.03 bits per heavy atom. The van der Waals surface area contributed by atoms with E-state index >= 15 is 0 Å². The molecular formula is C26H39N3O4S. The molecule has 188 valence electrons. The number of sulfonamides is 1. The van der Waals surface area contributed by atoms with Crippen LogP contribution in [0.15, 0.2) is 23.1 Å². The predicted molar refractivity (Wildman–Crippen MR) is 133 cm³/mol. The van der Waals surface area contributed by atoms with Crippen LogP contribution in [0.5, 0.6) is 0 Å². The van der Waals surface area contributed by atoms with E-state index in [9.17, 15) is 18.0 Å². The van der Waals surface area contributed by atoms with Crippen molar-refractivity contribution in [1.82, 2.24) is 9.62 Å². The van der Waals surface area contributed by atoms with Crippen LogP contribution in [0.2, 0.25) is 0 Å². The normalized spacial score (nSPS) is 27.7. The molecule has 4 aliphatic carbocycles. The molecule has 4 saturated carbocycles. The molecule has 0 aromatic heterocycles. The summed E-state index contributed by atoms with van der Waals surface area (Å²) in [6.45, 7) is 6.73. The third-order valence-corrected chi connectivity index (χ3v) is 10.3. The molecule has 4 aliphatic rings. The van der Waals surface area contributed by atoms with Crippen molar-refractivity contribution in [3.63, 3.8) is 0 Å². The van der Waals surface area contributed by atoms with Gasteiger partial charge in [-0.2, -0.15) is 4.31 Å². The van der Waals surface area contributed by atoms with E-state index in [0.29, 0.717) is 31.7 Å². The number of nitrogens with one attached hydrogen (secondary N) is 2. The first-order valence-electron chi connectivity index (χ1n) is 12.9. The molecule has 0 heterocycles. The van der Waals surface area contributed by atoms with E-state index in [-0.39, 0.29) is 28.5 Å². The van der Waals surface area contributed by atoms with Gasteiger partial charge in [-0.15, -0.1) is 0 Å². The third-order valence-electron chi connectivity index (χ3n) is 8.21. The third kappa shape index (κ3) is 5.03. The van der Waals surface area contributed by atoms with Crippen molar-refractivity contribution in [1.29, 1.82) is 0 Å². The molecule has 0 spiro atoms. The van der Waals surface area contributed by atoms with E-state index in [1.165, 1.54) is 29.6 Å². The van der Waals surface area contributed by atoms with Crippen LogP contribution in [0.4, 0.5) is 5.69 Å². The number of amides is 2. The number of anilines is 1. The van der Waals surface area contributed by atoms with E-state index < -0.39 is 10.0 Å². The molecule has 1 aromatic carbocycles. The zero-order valence-electron chi connectivity index (χ0n) is 20.7. The van der Waals surface area contributed by atoms with Crippen molar-refractivity contribution in [2.45, 2.75) is 77.0 Å². The summed E-state index contributed by atoms with van der Waals surface area (Å²) in [5.74, 6) is 2.20. The Morgan fingerprint density at radius 3 is 2.18 bits per heavy atom. The van der Waals surface area contributed by atoms with Crippen LogP contribution in [0.3, 0.4) is 0 Å². The lowest BCUT2D eigenvalue weighted by Gasteiger charge is -2.55. The minimum absolute atomic E-state index is 0.162. The minimum atomic E-state index is -3.59. The van der Waals surface area contributed by atoms with Crippen molar-refractivity contribution < 1.29 is 18.0 Å². The second-order valence-electron chi connectivity index (χ2n) is 10.7. The van der Waals surface area contributed by atoms with Crippen LogP contribution in [0.1, 0.15) is 70.8 Å². The first-order valence-corrected chi connectivity index (χ1v) is 14.3. The van der Waals surface area contributed by atoms with Crippen LogP contribution in [0, 0.1) is 30.1 Å². The highest BCUT2D eigenvalue weighted by Gasteiger charge is 2.54. The second kappa shape index (κ2) is 9.97. The summed E-state index contributed by atoms with van der Waals surface area (Å²) in [6.07, 6.45) is 7.87. The van der Waals surface area contributed by atoms with Gasteiger partial charge in [0.05, 0.1) is 4.90 Å². The fourth-order valence-electron chi connectivity index (χ4n) is 6.85. The number of nitrogens with zero attached hydrogens (tertiary/aromatic N) is 1. The lowest BCUT2D eigenvalue weighted by atomic mass is 9.49. The molecule has 2 amide bonds. The van der Waals surface area contributed by atoms with Gasteiger partial charge in [0, 0.05) is 37.2 Å². The molecule has 0 saturated heterocycles. The fourth-order valence-corrected chi connectivity index (χ4v) is 8.33. The first-order chi connectivity index (χ1) is 16.2. The minimum Gasteiger partial charge on any atom is -0.356 e. The Morgan fingerprint density at radius 2 is 1.62 bits per heavy atom. The van der Waals surface area contributed by atoms with Gasteiger partial charge in [-0.3, -0.25) is 9.59 Å². The predicted octanol–water partition coefficient (Wildman–Crippen LogP) is 4.08. The smallest absolute Gasteiger partial charge is 0.243 e. The summed E-state index contributed by atoms with van der Waals surface area (Å²) in [5.41, 5.74) is 1.16. The molecule has 7 nitrogen and oxygen atoms in total. The van der Waals surface area contributed by atoms with E-state index in [1.54, 1.807) is 26.0 Å². The van der Waals surface area contributed by atoms with Gasteiger partial charge in [0.2, 0.25) is 21.8 Å². The Kier molecular flexibility index (Phi) is 7.38. The van der Waals surface area contributed by atoms with Crippen LogP contribution < -0.4 is 10.6 Å². The highest BCUT2D eigenvalue weighted by molar-refractivity contribution is 7.89. The Hall–Kier alpha value is -1.93. The van der Waals surface area contributed by atoms with Gasteiger partial charge in [-0.05, 0) is 87.3 Å². The zero-order valence-corrected chi connectivity index (χ0v) is 21.5. The maximum absolute atomic E-state index is 13.0. The number of carbonyl (C=O) groups is 2. The fraction of sp³-hybridized carbons (Fsp3) is 0.692. The summed E-state index contributed by atoms with van der Waals surface area (Å²) >= 11 is 0. The van der Waals surface area contributed by atoms with Crippen molar-refractivity contribution in [2.24, 2.45) is 23.2 Å². The van der Waals surface area contributed by atoms with Gasteiger partial charge < -0.3 is 10.6 Å². The molecule has 4 bridgehead atoms. The number of rotatable bonds is 10. The summed E-state index contributed by atoms with van der Waals surface area (Å²) in [4.78, 5) is 25.8. The highest BCUT2D eigenvalue weighted by atomic mass is 32.2. The molecule has 0 atom stereocenters. The quantitative estimate of drug-likeness (QED) is 0.484. The zero-order chi connectivity index (χ0) is 24.5. The van der Waals surface area contributed by atoms with Crippen LogP contribution in [-0.4, -0.2) is 44.2 Å². The van der Waals surface area contributed by atoms with Crippen molar-refractivity contribution in [3.05, 3.63) is 23.8 Å². The summed E-state index contributed by atoms with van der Waals surface area (Å²) in [6, 6.07) is 4.84. The van der Waals surface area contributed by atoms with Crippen molar-refractivity contribution >= 4 is 27.5 Å². The molecule has 4 fully saturated rings. The summed E-state index contributed by atoms with van der Waals surface area (Å²) in [7, 11) is -3.59. The Labute approximate surface area is 204 Å². The molecule has 2 N–H and O–H groups in total. The van der Waals surface area contributed by atoms with Gasteiger partial charge in [0.1, 0.15) is 0 Å². The van der Waals surface area contributed by atoms with Gasteiger partial charge in [-0.25, -0.2) is 8.42 Å². The largest absolute Gasteiger partial charge is 0.356 e. The highest BCUT2D eigenvalue weighted by Crippen LogP contribution is 2.60. The van der Waals surface area contributed by atoms with E-state index in [1.807, 2.05) is 6.92 Å². The number of benzene rings is 1. The standard InChI is InChI=1S/C26H39N3O4S/c1-4-29(5-2)34(32,33)22-9-8-18(3)23(14-22)28-24(30)7-6-10-27-25(31)26-15-19-11-20(16-26)13-21(12-19)17-26/h8-9,14,19-21H,4-7,10-13,15-17H2,1-3H3,(H,27,31)(H,28,30). The van der Waals surface area contributed by atoms with Crippen molar-refractivity contribution in [3.8, 4) is 0 Å². The lowest BCUT2D eigenvalue weighted by Crippen LogP contribution is -2.53. The molecular weight excluding hydrogens is 450 g/mol. The molecule has 0 aliphatic heterocycles. The van der Waals surface area contributed by atoms with Crippen LogP contribution >= 0.6 is 0 Å². The molecule has 8 heteroatoms. The van der Waals surface area contributed by atoms with Gasteiger partial charge in [-0.1, -0.05) is 19.9 Å². The number of aryl methyl sites for hydroxylation is 1. The Bertz CT molecular complexity index is 997. The average Bonchev–Trinajstić information content (AvgIpc) is 2.77. The number of carbonyl (C=O) groups excluding carboxylic acids is 2. The molecule has 0 unspecified atom stereocenters. The molecule has 5 rings (SSSR count). The number of hydrogen-bond donors (Lipinski definition) is 2. The van der Waals surface area contributed by atoms with E-state index in [4.69, 9.17) is 0 Å². The van der Waals surface area contributed by atoms with Gasteiger partial charge in [0.15, 0.2) is 0 Å². The molecule has 0 radical (unpaired) electrons.